The maximum atomic E-state index is 11.6. The van der Waals surface area contributed by atoms with Crippen molar-refractivity contribution < 1.29 is 9.53 Å². The van der Waals surface area contributed by atoms with E-state index in [0.717, 1.165) is 18.9 Å². The SMILES string of the molecule is CCNC(=NCCc1cccc(C)c1)NCCNC(=O)OC(C)(C)C. The molecule has 0 saturated carbocycles. The number of aliphatic imine (C=N–C) groups is 1. The second-order valence-electron chi connectivity index (χ2n) is 6.86. The first-order chi connectivity index (χ1) is 11.8. The zero-order chi connectivity index (χ0) is 18.7. The lowest BCUT2D eigenvalue weighted by Crippen LogP contribution is -2.42. The fourth-order valence-electron chi connectivity index (χ4n) is 2.17. The Hall–Kier alpha value is -2.24. The van der Waals surface area contributed by atoms with Gasteiger partial charge in [0.25, 0.3) is 0 Å². The minimum atomic E-state index is -0.482. The first-order valence-electron chi connectivity index (χ1n) is 8.84. The number of guanidine groups is 1. The molecule has 3 N–H and O–H groups in total. The van der Waals surface area contributed by atoms with E-state index in [0.29, 0.717) is 19.6 Å². The largest absolute Gasteiger partial charge is 0.444 e. The number of hydrogen-bond donors (Lipinski definition) is 3. The number of hydrogen-bond acceptors (Lipinski definition) is 3. The fourth-order valence-corrected chi connectivity index (χ4v) is 2.17. The molecule has 0 bridgehead atoms. The number of carbonyl (C=O) groups is 1. The van der Waals surface area contributed by atoms with E-state index in [9.17, 15) is 4.79 Å². The Morgan fingerprint density at radius 1 is 1.16 bits per heavy atom. The van der Waals surface area contributed by atoms with Gasteiger partial charge in [0, 0.05) is 26.2 Å². The van der Waals surface area contributed by atoms with Crippen LogP contribution >= 0.6 is 0 Å². The number of benzene rings is 1. The second-order valence-corrected chi connectivity index (χ2v) is 6.86. The summed E-state index contributed by atoms with van der Waals surface area (Å²) in [5, 5.41) is 9.13. The predicted octanol–water partition coefficient (Wildman–Crippen LogP) is 2.62. The lowest BCUT2D eigenvalue weighted by Gasteiger charge is -2.19. The number of aryl methyl sites for hydroxylation is 1. The summed E-state index contributed by atoms with van der Waals surface area (Å²) < 4.78 is 5.19. The van der Waals surface area contributed by atoms with E-state index in [4.69, 9.17) is 4.74 Å². The van der Waals surface area contributed by atoms with E-state index in [1.54, 1.807) is 0 Å². The van der Waals surface area contributed by atoms with Crippen molar-refractivity contribution in [3.8, 4) is 0 Å². The van der Waals surface area contributed by atoms with Crippen molar-refractivity contribution >= 4 is 12.1 Å². The van der Waals surface area contributed by atoms with Crippen molar-refractivity contribution in [1.82, 2.24) is 16.0 Å². The van der Waals surface area contributed by atoms with Gasteiger partial charge < -0.3 is 20.7 Å². The minimum Gasteiger partial charge on any atom is -0.444 e. The zero-order valence-corrected chi connectivity index (χ0v) is 16.1. The van der Waals surface area contributed by atoms with Crippen LogP contribution < -0.4 is 16.0 Å². The highest BCUT2D eigenvalue weighted by molar-refractivity contribution is 5.79. The van der Waals surface area contributed by atoms with Crippen LogP contribution in [0.5, 0.6) is 0 Å². The molecule has 0 unspecified atom stereocenters. The van der Waals surface area contributed by atoms with Gasteiger partial charge in [-0.3, -0.25) is 4.99 Å². The van der Waals surface area contributed by atoms with Gasteiger partial charge in [-0.1, -0.05) is 29.8 Å². The van der Waals surface area contributed by atoms with Crippen molar-refractivity contribution in [3.05, 3.63) is 35.4 Å². The highest BCUT2D eigenvalue weighted by Crippen LogP contribution is 2.06. The molecular formula is C19H32N4O2. The van der Waals surface area contributed by atoms with Crippen molar-refractivity contribution in [2.75, 3.05) is 26.2 Å². The fraction of sp³-hybridized carbons (Fsp3) is 0.579. The molecule has 0 aliphatic heterocycles. The van der Waals surface area contributed by atoms with Crippen molar-refractivity contribution in [1.29, 1.82) is 0 Å². The molecule has 0 spiro atoms. The number of alkyl carbamates (subject to hydrolysis) is 1. The molecular weight excluding hydrogens is 316 g/mol. The van der Waals surface area contributed by atoms with Gasteiger partial charge in [0.15, 0.2) is 5.96 Å². The van der Waals surface area contributed by atoms with Gasteiger partial charge in [-0.2, -0.15) is 0 Å². The van der Waals surface area contributed by atoms with Crippen molar-refractivity contribution in [2.24, 2.45) is 4.99 Å². The molecule has 25 heavy (non-hydrogen) atoms. The maximum Gasteiger partial charge on any atom is 0.407 e. The third-order valence-corrected chi connectivity index (χ3v) is 3.18. The van der Waals surface area contributed by atoms with Crippen LogP contribution in [0.15, 0.2) is 29.3 Å². The summed E-state index contributed by atoms with van der Waals surface area (Å²) in [5.74, 6) is 0.751. The highest BCUT2D eigenvalue weighted by Gasteiger charge is 2.15. The first-order valence-corrected chi connectivity index (χ1v) is 8.84. The lowest BCUT2D eigenvalue weighted by molar-refractivity contribution is 0.0529. The average Bonchev–Trinajstić information content (AvgIpc) is 2.50. The summed E-state index contributed by atoms with van der Waals surface area (Å²) >= 11 is 0. The monoisotopic (exact) mass is 348 g/mol. The molecule has 1 aromatic carbocycles. The topological polar surface area (TPSA) is 74.8 Å². The Balaban J connectivity index is 2.34. The molecule has 0 saturated heterocycles. The predicted molar refractivity (Wildman–Crippen MR) is 103 cm³/mol. The normalized spacial score (nSPS) is 11.8. The Labute approximate surface area is 151 Å². The number of nitrogens with one attached hydrogen (secondary N) is 3. The molecule has 0 atom stereocenters. The van der Waals surface area contributed by atoms with Gasteiger partial charge in [0.05, 0.1) is 0 Å². The molecule has 0 aromatic heterocycles. The third kappa shape index (κ3) is 10.3. The van der Waals surface area contributed by atoms with Crippen molar-refractivity contribution in [2.45, 2.75) is 46.6 Å². The maximum absolute atomic E-state index is 11.6. The van der Waals surface area contributed by atoms with Crippen LogP contribution in [0.3, 0.4) is 0 Å². The number of amides is 1. The van der Waals surface area contributed by atoms with Crippen LogP contribution in [0.2, 0.25) is 0 Å². The summed E-state index contributed by atoms with van der Waals surface area (Å²) in [6, 6.07) is 8.46. The van der Waals surface area contributed by atoms with Crippen LogP contribution in [0.25, 0.3) is 0 Å². The molecule has 0 aliphatic carbocycles. The van der Waals surface area contributed by atoms with Crippen molar-refractivity contribution in [3.63, 3.8) is 0 Å². The van der Waals surface area contributed by atoms with Gasteiger partial charge in [0.2, 0.25) is 0 Å². The molecule has 0 fully saturated rings. The molecule has 0 radical (unpaired) electrons. The number of ether oxygens (including phenoxy) is 1. The quantitative estimate of drug-likeness (QED) is 0.402. The van der Waals surface area contributed by atoms with Gasteiger partial charge in [0.1, 0.15) is 5.60 Å². The van der Waals surface area contributed by atoms with E-state index < -0.39 is 11.7 Å². The number of rotatable bonds is 7. The van der Waals surface area contributed by atoms with Crippen LogP contribution in [-0.2, 0) is 11.2 Å². The number of nitrogens with zero attached hydrogens (tertiary/aromatic N) is 1. The smallest absolute Gasteiger partial charge is 0.407 e. The van der Waals surface area contributed by atoms with Crippen LogP contribution in [0.1, 0.15) is 38.8 Å². The Bertz CT molecular complexity index is 565. The molecule has 1 rings (SSSR count). The Morgan fingerprint density at radius 2 is 1.88 bits per heavy atom. The molecule has 6 heteroatoms. The van der Waals surface area contributed by atoms with E-state index in [1.165, 1.54) is 11.1 Å². The molecule has 6 nitrogen and oxygen atoms in total. The van der Waals surface area contributed by atoms with E-state index in [-0.39, 0.29) is 0 Å². The average molecular weight is 348 g/mol. The van der Waals surface area contributed by atoms with Gasteiger partial charge in [-0.25, -0.2) is 4.79 Å². The zero-order valence-electron chi connectivity index (χ0n) is 16.1. The van der Waals surface area contributed by atoms with E-state index in [1.807, 2.05) is 27.7 Å². The summed E-state index contributed by atoms with van der Waals surface area (Å²) in [5.41, 5.74) is 2.06. The summed E-state index contributed by atoms with van der Waals surface area (Å²) in [6.07, 6.45) is 0.490. The summed E-state index contributed by atoms with van der Waals surface area (Å²) in [6.45, 7) is 12.2. The Morgan fingerprint density at radius 3 is 2.52 bits per heavy atom. The minimum absolute atomic E-state index is 0.407. The van der Waals surface area contributed by atoms with Crippen LogP contribution in [0.4, 0.5) is 4.79 Å². The number of carbonyl (C=O) groups excluding carboxylic acids is 1. The van der Waals surface area contributed by atoms with Crippen LogP contribution in [-0.4, -0.2) is 43.8 Å². The second kappa shape index (κ2) is 10.6. The molecule has 0 aliphatic rings. The standard InChI is InChI=1S/C19H32N4O2/c1-6-20-17(21-11-10-16-9-7-8-15(2)14-16)22-12-13-23-18(24)25-19(3,4)5/h7-9,14H,6,10-13H2,1-5H3,(H,23,24)(H2,20,21,22). The third-order valence-electron chi connectivity index (χ3n) is 3.18. The van der Waals surface area contributed by atoms with Crippen LogP contribution in [0, 0.1) is 6.92 Å². The Kier molecular flexibility index (Phi) is 8.81. The molecule has 1 aromatic rings. The van der Waals surface area contributed by atoms with Gasteiger partial charge in [-0.05, 0) is 46.6 Å². The lowest BCUT2D eigenvalue weighted by atomic mass is 10.1. The molecule has 140 valence electrons. The first kappa shape index (κ1) is 20.8. The highest BCUT2D eigenvalue weighted by atomic mass is 16.6. The van der Waals surface area contributed by atoms with E-state index >= 15 is 0 Å². The molecule has 0 heterocycles. The molecule has 1 amide bonds. The van der Waals surface area contributed by atoms with E-state index in [2.05, 4.69) is 52.1 Å². The van der Waals surface area contributed by atoms with Gasteiger partial charge in [-0.15, -0.1) is 0 Å². The summed E-state index contributed by atoms with van der Waals surface area (Å²) in [7, 11) is 0. The summed E-state index contributed by atoms with van der Waals surface area (Å²) in [4.78, 5) is 16.1. The van der Waals surface area contributed by atoms with Gasteiger partial charge >= 0.3 is 6.09 Å².